The molecule has 1 rings (SSSR count). The minimum absolute atomic E-state index is 0.239. The number of benzene rings is 1. The van der Waals surface area contributed by atoms with Crippen LogP contribution in [-0.2, 0) is 0 Å². The largest absolute Gasteiger partial charge is 0.379 e. The van der Waals surface area contributed by atoms with Gasteiger partial charge in [0.25, 0.3) is 0 Å². The van der Waals surface area contributed by atoms with Crippen LogP contribution >= 0.6 is 15.9 Å². The van der Waals surface area contributed by atoms with Crippen molar-refractivity contribution in [3.63, 3.8) is 0 Å². The van der Waals surface area contributed by atoms with E-state index in [1.54, 1.807) is 12.1 Å². The van der Waals surface area contributed by atoms with Gasteiger partial charge in [0, 0.05) is 11.0 Å². The van der Waals surface area contributed by atoms with Crippen molar-refractivity contribution in [3.05, 3.63) is 40.6 Å². The van der Waals surface area contributed by atoms with Gasteiger partial charge in [-0.25, -0.2) is 4.39 Å². The van der Waals surface area contributed by atoms with Crippen LogP contribution in [0.15, 0.2) is 34.8 Å². The lowest BCUT2D eigenvalue weighted by Crippen LogP contribution is -2.04. The van der Waals surface area contributed by atoms with Crippen LogP contribution in [-0.4, -0.2) is 6.54 Å². The van der Waals surface area contributed by atoms with Crippen LogP contribution in [0.3, 0.4) is 0 Å². The number of rotatable bonds is 4. The Morgan fingerprint density at radius 3 is 2.93 bits per heavy atom. The van der Waals surface area contributed by atoms with E-state index in [1.807, 2.05) is 6.92 Å². The minimum atomic E-state index is -0.239. The zero-order valence-corrected chi connectivity index (χ0v) is 9.70. The molecule has 1 aromatic rings. The predicted octanol–water partition coefficient (Wildman–Crippen LogP) is 3.97. The lowest BCUT2D eigenvalue weighted by molar-refractivity contribution is 0.630. The van der Waals surface area contributed by atoms with Crippen molar-refractivity contribution in [1.82, 2.24) is 0 Å². The fourth-order valence-corrected chi connectivity index (χ4v) is 1.34. The molecule has 0 radical (unpaired) electrons. The predicted molar refractivity (Wildman–Crippen MR) is 62.0 cm³/mol. The average molecular weight is 258 g/mol. The van der Waals surface area contributed by atoms with Crippen LogP contribution in [0, 0.1) is 5.82 Å². The van der Waals surface area contributed by atoms with E-state index in [2.05, 4.69) is 27.8 Å². The van der Waals surface area contributed by atoms with E-state index in [0.717, 1.165) is 16.5 Å². The van der Waals surface area contributed by atoms with Crippen LogP contribution < -0.4 is 5.32 Å². The van der Waals surface area contributed by atoms with Crippen LogP contribution in [0.5, 0.6) is 0 Å². The fraction of sp³-hybridized carbons (Fsp3) is 0.273. The van der Waals surface area contributed by atoms with Gasteiger partial charge in [-0.3, -0.25) is 0 Å². The summed E-state index contributed by atoms with van der Waals surface area (Å²) in [7, 11) is 0. The SMILES string of the molecule is C=C(CC)CNc1cc(Br)ccc1F. The third-order valence-corrected chi connectivity index (χ3v) is 2.45. The molecule has 0 saturated carbocycles. The van der Waals surface area contributed by atoms with Crippen LogP contribution in [0.2, 0.25) is 0 Å². The number of anilines is 1. The number of halogens is 2. The summed E-state index contributed by atoms with van der Waals surface area (Å²) in [4.78, 5) is 0. The van der Waals surface area contributed by atoms with Crippen LogP contribution in [0.4, 0.5) is 10.1 Å². The monoisotopic (exact) mass is 257 g/mol. The van der Waals surface area contributed by atoms with Crippen molar-refractivity contribution in [2.24, 2.45) is 0 Å². The Bertz CT molecular complexity index is 336. The Hall–Kier alpha value is -0.830. The summed E-state index contributed by atoms with van der Waals surface area (Å²) in [6, 6.07) is 4.83. The molecule has 0 aliphatic carbocycles. The van der Waals surface area contributed by atoms with Gasteiger partial charge in [0.15, 0.2) is 0 Å². The van der Waals surface area contributed by atoms with Gasteiger partial charge in [-0.15, -0.1) is 0 Å². The molecule has 1 aromatic carbocycles. The molecule has 0 spiro atoms. The number of hydrogen-bond acceptors (Lipinski definition) is 1. The molecule has 0 bridgehead atoms. The van der Waals surface area contributed by atoms with Crippen molar-refractivity contribution in [2.45, 2.75) is 13.3 Å². The van der Waals surface area contributed by atoms with Crippen molar-refractivity contribution in [3.8, 4) is 0 Å². The lowest BCUT2D eigenvalue weighted by Gasteiger charge is -2.08. The Balaban J connectivity index is 2.66. The van der Waals surface area contributed by atoms with Gasteiger partial charge in [0.2, 0.25) is 0 Å². The summed E-state index contributed by atoms with van der Waals surface area (Å²) in [5.74, 6) is -0.239. The number of hydrogen-bond donors (Lipinski definition) is 1. The number of nitrogens with one attached hydrogen (secondary N) is 1. The molecule has 14 heavy (non-hydrogen) atoms. The zero-order chi connectivity index (χ0) is 10.6. The zero-order valence-electron chi connectivity index (χ0n) is 8.11. The summed E-state index contributed by atoms with van der Waals surface area (Å²) >= 11 is 3.29. The molecule has 0 amide bonds. The van der Waals surface area contributed by atoms with Gasteiger partial charge < -0.3 is 5.32 Å². The van der Waals surface area contributed by atoms with E-state index in [1.165, 1.54) is 6.07 Å². The van der Waals surface area contributed by atoms with Gasteiger partial charge in [0.05, 0.1) is 5.69 Å². The molecule has 0 aromatic heterocycles. The van der Waals surface area contributed by atoms with Crippen LogP contribution in [0.1, 0.15) is 13.3 Å². The van der Waals surface area contributed by atoms with Gasteiger partial charge in [-0.2, -0.15) is 0 Å². The second-order valence-corrected chi connectivity index (χ2v) is 4.00. The smallest absolute Gasteiger partial charge is 0.146 e. The molecule has 0 aliphatic heterocycles. The van der Waals surface area contributed by atoms with Crippen molar-refractivity contribution >= 4 is 21.6 Å². The molecule has 0 saturated heterocycles. The molecule has 76 valence electrons. The molecule has 3 heteroatoms. The fourth-order valence-electron chi connectivity index (χ4n) is 0.978. The van der Waals surface area contributed by atoms with Gasteiger partial charge in [0.1, 0.15) is 5.82 Å². The molecule has 0 unspecified atom stereocenters. The Labute approximate surface area is 92.1 Å². The highest BCUT2D eigenvalue weighted by atomic mass is 79.9. The summed E-state index contributed by atoms with van der Waals surface area (Å²) in [6.07, 6.45) is 0.905. The Kier molecular flexibility index (Phi) is 4.14. The lowest BCUT2D eigenvalue weighted by atomic mass is 10.2. The maximum Gasteiger partial charge on any atom is 0.146 e. The molecular formula is C11H13BrFN. The molecule has 1 nitrogen and oxygen atoms in total. The summed E-state index contributed by atoms with van der Waals surface area (Å²) in [6.45, 7) is 6.49. The molecule has 0 fully saturated rings. The Morgan fingerprint density at radius 1 is 1.57 bits per heavy atom. The van der Waals surface area contributed by atoms with Crippen LogP contribution in [0.25, 0.3) is 0 Å². The normalized spacial score (nSPS) is 9.93. The molecular weight excluding hydrogens is 245 g/mol. The maximum atomic E-state index is 13.2. The van der Waals surface area contributed by atoms with Crippen molar-refractivity contribution in [1.29, 1.82) is 0 Å². The Morgan fingerprint density at radius 2 is 2.29 bits per heavy atom. The highest BCUT2D eigenvalue weighted by Gasteiger charge is 2.01. The molecule has 1 N–H and O–H groups in total. The summed E-state index contributed by atoms with van der Waals surface area (Å²) in [5, 5.41) is 3.00. The van der Waals surface area contributed by atoms with Crippen molar-refractivity contribution < 1.29 is 4.39 Å². The average Bonchev–Trinajstić information content (AvgIpc) is 2.19. The van der Waals surface area contributed by atoms with Gasteiger partial charge in [-0.1, -0.05) is 35.0 Å². The first-order valence-electron chi connectivity index (χ1n) is 4.49. The van der Waals surface area contributed by atoms with E-state index >= 15 is 0 Å². The first-order valence-corrected chi connectivity index (χ1v) is 5.28. The minimum Gasteiger partial charge on any atom is -0.379 e. The highest BCUT2D eigenvalue weighted by Crippen LogP contribution is 2.20. The summed E-state index contributed by atoms with van der Waals surface area (Å²) < 4.78 is 14.1. The van der Waals surface area contributed by atoms with E-state index in [9.17, 15) is 4.39 Å². The van der Waals surface area contributed by atoms with Gasteiger partial charge in [-0.05, 0) is 24.6 Å². The van der Waals surface area contributed by atoms with E-state index < -0.39 is 0 Å². The van der Waals surface area contributed by atoms with E-state index in [4.69, 9.17) is 0 Å². The van der Waals surface area contributed by atoms with E-state index in [0.29, 0.717) is 12.2 Å². The first kappa shape index (κ1) is 11.2. The molecule has 0 heterocycles. The topological polar surface area (TPSA) is 12.0 Å². The van der Waals surface area contributed by atoms with Gasteiger partial charge >= 0.3 is 0 Å². The third-order valence-electron chi connectivity index (χ3n) is 1.96. The highest BCUT2D eigenvalue weighted by molar-refractivity contribution is 9.10. The third kappa shape index (κ3) is 3.14. The quantitative estimate of drug-likeness (QED) is 0.806. The molecule has 0 aliphatic rings. The van der Waals surface area contributed by atoms with E-state index in [-0.39, 0.29) is 5.82 Å². The summed E-state index contributed by atoms with van der Waals surface area (Å²) in [5.41, 5.74) is 1.57. The maximum absolute atomic E-state index is 13.2. The second-order valence-electron chi connectivity index (χ2n) is 3.08. The van der Waals surface area contributed by atoms with Crippen molar-refractivity contribution in [2.75, 3.05) is 11.9 Å². The standard InChI is InChI=1S/C11H13BrFN/c1-3-8(2)7-14-11-6-9(12)4-5-10(11)13/h4-6,14H,2-3,7H2,1H3. The second kappa shape index (κ2) is 5.15. The molecule has 0 atom stereocenters. The first-order chi connectivity index (χ1) is 6.63.